The van der Waals surface area contributed by atoms with Gasteiger partial charge in [0, 0.05) is 10.0 Å². The summed E-state index contributed by atoms with van der Waals surface area (Å²) in [6.07, 6.45) is 0.566. The van der Waals surface area contributed by atoms with E-state index in [1.54, 1.807) is 18.2 Å². The van der Waals surface area contributed by atoms with Crippen LogP contribution in [-0.2, 0) is 4.74 Å². The number of hydrogen-bond donors (Lipinski definition) is 0. The van der Waals surface area contributed by atoms with Crippen LogP contribution in [0.2, 0.25) is 0 Å². The van der Waals surface area contributed by atoms with Crippen LogP contribution in [-0.4, -0.2) is 39.7 Å². The third-order valence-electron chi connectivity index (χ3n) is 3.31. The Morgan fingerprint density at radius 3 is 2.36 bits per heavy atom. The van der Waals surface area contributed by atoms with Crippen LogP contribution in [0.4, 0.5) is 0 Å². The number of benzene rings is 2. The molecule has 2 rings (SSSR count). The van der Waals surface area contributed by atoms with Crippen molar-refractivity contribution in [3.05, 3.63) is 52.0 Å². The summed E-state index contributed by atoms with van der Waals surface area (Å²) in [6.45, 7) is 0.198. The quantitative estimate of drug-likeness (QED) is 0.378. The van der Waals surface area contributed by atoms with Crippen molar-refractivity contribution in [2.45, 2.75) is 0 Å². The molecule has 0 N–H and O–H groups in total. The number of methoxy groups -OCH3 is 2. The molecule has 0 aliphatic carbocycles. The van der Waals surface area contributed by atoms with Gasteiger partial charge in [-0.1, -0.05) is 15.9 Å². The van der Waals surface area contributed by atoms with Gasteiger partial charge >= 0.3 is 5.97 Å². The maximum Gasteiger partial charge on any atom is 0.342 e. The normalized spacial score (nSPS) is 10.0. The molecule has 0 bridgehead atoms. The molecular weight excluding hydrogens is 392 g/mol. The summed E-state index contributed by atoms with van der Waals surface area (Å²) in [4.78, 5) is 23.6. The number of carbonyl (C=O) groups is 2. The Balaban J connectivity index is 2.02. The van der Waals surface area contributed by atoms with Gasteiger partial charge in [0.2, 0.25) is 0 Å². The van der Waals surface area contributed by atoms with Crippen LogP contribution >= 0.6 is 15.9 Å². The van der Waals surface area contributed by atoms with Gasteiger partial charge in [0.25, 0.3) is 0 Å². The van der Waals surface area contributed by atoms with Gasteiger partial charge in [-0.2, -0.15) is 0 Å². The van der Waals surface area contributed by atoms with E-state index in [-0.39, 0.29) is 30.1 Å². The molecule has 7 heteroatoms. The van der Waals surface area contributed by atoms with E-state index in [0.717, 1.165) is 4.47 Å². The summed E-state index contributed by atoms with van der Waals surface area (Å²) in [5.74, 6) is 0.473. The first-order chi connectivity index (χ1) is 12.1. The molecule has 132 valence electrons. The number of aldehydes is 1. The Hall–Kier alpha value is -2.54. The average Bonchev–Trinajstić information content (AvgIpc) is 2.65. The molecule has 0 heterocycles. The van der Waals surface area contributed by atoms with Crippen molar-refractivity contribution in [2.75, 3.05) is 27.4 Å². The molecule has 25 heavy (non-hydrogen) atoms. The maximum atomic E-state index is 12.3. The van der Waals surface area contributed by atoms with E-state index in [2.05, 4.69) is 15.9 Å². The summed E-state index contributed by atoms with van der Waals surface area (Å²) < 4.78 is 22.0. The number of esters is 1. The molecule has 0 aliphatic heterocycles. The molecule has 2 aromatic rings. The van der Waals surface area contributed by atoms with Crippen LogP contribution in [0.25, 0.3) is 0 Å². The molecule has 0 fully saturated rings. The van der Waals surface area contributed by atoms with Crippen LogP contribution in [0.5, 0.6) is 17.2 Å². The number of ether oxygens (including phenoxy) is 4. The van der Waals surface area contributed by atoms with E-state index >= 15 is 0 Å². The molecule has 0 aliphatic rings. The minimum atomic E-state index is -0.683. The molecule has 0 aromatic heterocycles. The van der Waals surface area contributed by atoms with Gasteiger partial charge in [-0.3, -0.25) is 4.79 Å². The Labute approximate surface area is 153 Å². The standard InChI is InChI=1S/C18H17BrO6/c1-22-15-8-3-12(11-20)16(17(15)23-2)18(21)25-10-9-24-14-6-4-13(19)5-7-14/h3-8,11H,9-10H2,1-2H3. The lowest BCUT2D eigenvalue weighted by Crippen LogP contribution is -2.15. The van der Waals surface area contributed by atoms with Crippen molar-refractivity contribution in [2.24, 2.45) is 0 Å². The first-order valence-electron chi connectivity index (χ1n) is 7.36. The highest BCUT2D eigenvalue weighted by Crippen LogP contribution is 2.33. The monoisotopic (exact) mass is 408 g/mol. The third kappa shape index (κ3) is 4.73. The third-order valence-corrected chi connectivity index (χ3v) is 3.84. The van der Waals surface area contributed by atoms with Crippen molar-refractivity contribution in [3.8, 4) is 17.2 Å². The van der Waals surface area contributed by atoms with Crippen LogP contribution in [0.3, 0.4) is 0 Å². The van der Waals surface area contributed by atoms with E-state index in [1.807, 2.05) is 12.1 Å². The number of rotatable bonds is 8. The molecule has 0 spiro atoms. The minimum Gasteiger partial charge on any atom is -0.493 e. The fraction of sp³-hybridized carbons (Fsp3) is 0.222. The van der Waals surface area contributed by atoms with Crippen molar-refractivity contribution in [1.82, 2.24) is 0 Å². The zero-order valence-electron chi connectivity index (χ0n) is 13.8. The fourth-order valence-electron chi connectivity index (χ4n) is 2.15. The lowest BCUT2D eigenvalue weighted by molar-refractivity contribution is 0.0444. The zero-order valence-corrected chi connectivity index (χ0v) is 15.4. The first-order valence-corrected chi connectivity index (χ1v) is 8.15. The highest BCUT2D eigenvalue weighted by molar-refractivity contribution is 9.10. The molecule has 6 nitrogen and oxygen atoms in total. The Bertz CT molecular complexity index is 742. The lowest BCUT2D eigenvalue weighted by atomic mass is 10.1. The summed E-state index contributed by atoms with van der Waals surface area (Å²) in [7, 11) is 2.83. The second kappa shape index (κ2) is 9.08. The van der Waals surface area contributed by atoms with Gasteiger partial charge in [-0.05, 0) is 36.4 Å². The SMILES string of the molecule is COc1ccc(C=O)c(C(=O)OCCOc2ccc(Br)cc2)c1OC. The topological polar surface area (TPSA) is 71.1 Å². The van der Waals surface area contributed by atoms with E-state index in [0.29, 0.717) is 17.8 Å². The van der Waals surface area contributed by atoms with E-state index in [9.17, 15) is 9.59 Å². The summed E-state index contributed by atoms with van der Waals surface area (Å²) in [5, 5.41) is 0. The van der Waals surface area contributed by atoms with Crippen LogP contribution in [0, 0.1) is 0 Å². The number of halogens is 1. The van der Waals surface area contributed by atoms with Gasteiger partial charge in [0.1, 0.15) is 24.5 Å². The summed E-state index contributed by atoms with van der Waals surface area (Å²) in [5.41, 5.74) is 0.192. The molecule has 0 unspecified atom stereocenters. The first kappa shape index (κ1) is 18.8. The van der Waals surface area contributed by atoms with E-state index in [4.69, 9.17) is 18.9 Å². The summed E-state index contributed by atoms with van der Waals surface area (Å²) in [6, 6.07) is 10.3. The Morgan fingerprint density at radius 2 is 1.76 bits per heavy atom. The van der Waals surface area contributed by atoms with Gasteiger partial charge < -0.3 is 18.9 Å². The molecule has 2 aromatic carbocycles. The predicted octanol–water partition coefficient (Wildman–Crippen LogP) is 3.51. The molecular formula is C18H17BrO6. The lowest BCUT2D eigenvalue weighted by Gasteiger charge is -2.14. The molecule has 0 amide bonds. The fourth-order valence-corrected chi connectivity index (χ4v) is 2.41. The Morgan fingerprint density at radius 1 is 1.04 bits per heavy atom. The van der Waals surface area contributed by atoms with E-state index in [1.165, 1.54) is 20.3 Å². The highest BCUT2D eigenvalue weighted by Gasteiger charge is 2.22. The van der Waals surface area contributed by atoms with Gasteiger partial charge in [0.15, 0.2) is 17.8 Å². The minimum absolute atomic E-state index is 0.0214. The van der Waals surface area contributed by atoms with Crippen molar-refractivity contribution < 1.29 is 28.5 Å². The number of carbonyl (C=O) groups excluding carboxylic acids is 2. The second-order valence-corrected chi connectivity index (χ2v) is 5.74. The summed E-state index contributed by atoms with van der Waals surface area (Å²) >= 11 is 3.34. The van der Waals surface area contributed by atoms with Crippen molar-refractivity contribution in [3.63, 3.8) is 0 Å². The van der Waals surface area contributed by atoms with Crippen molar-refractivity contribution >= 4 is 28.2 Å². The Kier molecular flexibility index (Phi) is 6.82. The van der Waals surface area contributed by atoms with Crippen molar-refractivity contribution in [1.29, 1.82) is 0 Å². The van der Waals surface area contributed by atoms with Gasteiger partial charge in [0.05, 0.1) is 14.2 Å². The molecule has 0 saturated carbocycles. The zero-order chi connectivity index (χ0) is 18.2. The molecule has 0 saturated heterocycles. The van der Waals surface area contributed by atoms with Gasteiger partial charge in [-0.15, -0.1) is 0 Å². The molecule has 0 radical (unpaired) electrons. The smallest absolute Gasteiger partial charge is 0.342 e. The largest absolute Gasteiger partial charge is 0.493 e. The average molecular weight is 409 g/mol. The predicted molar refractivity (Wildman–Crippen MR) is 94.9 cm³/mol. The number of hydrogen-bond acceptors (Lipinski definition) is 6. The highest BCUT2D eigenvalue weighted by atomic mass is 79.9. The van der Waals surface area contributed by atoms with Crippen LogP contribution < -0.4 is 14.2 Å². The van der Waals surface area contributed by atoms with Crippen LogP contribution in [0.1, 0.15) is 20.7 Å². The second-order valence-electron chi connectivity index (χ2n) is 4.82. The van der Waals surface area contributed by atoms with Gasteiger partial charge in [-0.25, -0.2) is 4.79 Å². The maximum absolute atomic E-state index is 12.3. The van der Waals surface area contributed by atoms with E-state index < -0.39 is 5.97 Å². The molecule has 0 atom stereocenters. The van der Waals surface area contributed by atoms with Crippen LogP contribution in [0.15, 0.2) is 40.9 Å².